The molecule has 1 N–H and O–H groups in total. The van der Waals surface area contributed by atoms with Gasteiger partial charge in [-0.3, -0.25) is 9.59 Å². The van der Waals surface area contributed by atoms with Gasteiger partial charge in [0.2, 0.25) is 0 Å². The van der Waals surface area contributed by atoms with E-state index in [0.717, 1.165) is 24.1 Å². The van der Waals surface area contributed by atoms with Crippen LogP contribution >= 0.6 is 0 Å². The number of benzene rings is 1. The number of ether oxygens (including phenoxy) is 1. The molecule has 0 spiro atoms. The Balaban J connectivity index is 1.86. The van der Waals surface area contributed by atoms with E-state index in [0.29, 0.717) is 25.1 Å². The van der Waals surface area contributed by atoms with E-state index in [1.54, 1.807) is 18.2 Å². The summed E-state index contributed by atoms with van der Waals surface area (Å²) < 4.78 is 5.38. The Morgan fingerprint density at radius 1 is 1.26 bits per heavy atom. The van der Waals surface area contributed by atoms with Gasteiger partial charge in [-0.05, 0) is 56.4 Å². The third-order valence-corrected chi connectivity index (χ3v) is 6.35. The fourth-order valence-electron chi connectivity index (χ4n) is 4.35. The smallest absolute Gasteiger partial charge is 0.308 e. The normalized spacial score (nSPS) is 16.8. The molecule has 34 heavy (non-hydrogen) atoms. The van der Waals surface area contributed by atoms with Crippen molar-refractivity contribution in [2.75, 3.05) is 18.1 Å². The first kappa shape index (κ1) is 24.6. The maximum absolute atomic E-state index is 12.7. The molecule has 1 aromatic rings. The van der Waals surface area contributed by atoms with Gasteiger partial charge in [0.05, 0.1) is 29.4 Å². The zero-order valence-corrected chi connectivity index (χ0v) is 19.9. The SMILES string of the molecule is CCC(C)C(=O)OCCCN1c2ccc(C3=C(C#N)C(=C(C#N)C#N)NC3=O)cc2CC1(C)C. The Kier molecular flexibility index (Phi) is 7.08. The molecule has 0 aliphatic carbocycles. The Labute approximate surface area is 199 Å². The van der Waals surface area contributed by atoms with Gasteiger partial charge in [0.15, 0.2) is 5.57 Å². The molecule has 2 heterocycles. The minimum Gasteiger partial charge on any atom is -0.465 e. The molecule has 8 heteroatoms. The quantitative estimate of drug-likeness (QED) is 0.377. The molecule has 1 unspecified atom stereocenters. The first-order valence-electron chi connectivity index (χ1n) is 11.3. The van der Waals surface area contributed by atoms with Gasteiger partial charge in [-0.2, -0.15) is 15.8 Å². The van der Waals surface area contributed by atoms with E-state index in [2.05, 4.69) is 24.1 Å². The van der Waals surface area contributed by atoms with Gasteiger partial charge >= 0.3 is 5.97 Å². The number of hydrogen-bond acceptors (Lipinski definition) is 7. The predicted octanol–water partition coefficient (Wildman–Crippen LogP) is 3.52. The van der Waals surface area contributed by atoms with E-state index >= 15 is 0 Å². The monoisotopic (exact) mass is 457 g/mol. The van der Waals surface area contributed by atoms with Crippen molar-refractivity contribution < 1.29 is 14.3 Å². The molecule has 0 saturated heterocycles. The van der Waals surface area contributed by atoms with Crippen molar-refractivity contribution in [3.8, 4) is 18.2 Å². The Morgan fingerprint density at radius 3 is 2.59 bits per heavy atom. The highest BCUT2D eigenvalue weighted by atomic mass is 16.5. The van der Waals surface area contributed by atoms with Crippen LogP contribution in [0.5, 0.6) is 0 Å². The van der Waals surface area contributed by atoms with Gasteiger partial charge < -0.3 is 15.0 Å². The van der Waals surface area contributed by atoms with E-state index in [4.69, 9.17) is 15.3 Å². The summed E-state index contributed by atoms with van der Waals surface area (Å²) in [7, 11) is 0. The first-order valence-corrected chi connectivity index (χ1v) is 11.3. The molecule has 0 saturated carbocycles. The minimum atomic E-state index is -0.508. The lowest BCUT2D eigenvalue weighted by molar-refractivity contribution is -0.148. The van der Waals surface area contributed by atoms with Crippen molar-refractivity contribution in [2.45, 2.75) is 52.5 Å². The lowest BCUT2D eigenvalue weighted by atomic mass is 9.95. The van der Waals surface area contributed by atoms with Crippen LogP contribution in [0.25, 0.3) is 5.57 Å². The number of allylic oxidation sites excluding steroid dienone is 2. The van der Waals surface area contributed by atoms with Gasteiger partial charge in [-0.1, -0.05) is 19.9 Å². The molecule has 0 aromatic heterocycles. The molecular formula is C26H27N5O3. The van der Waals surface area contributed by atoms with Crippen molar-refractivity contribution in [3.05, 3.63) is 46.2 Å². The second-order valence-corrected chi connectivity index (χ2v) is 9.10. The largest absolute Gasteiger partial charge is 0.465 e. The summed E-state index contributed by atoms with van der Waals surface area (Å²) in [5.41, 5.74) is 2.28. The van der Waals surface area contributed by atoms with E-state index in [1.807, 2.05) is 32.0 Å². The number of esters is 1. The topological polar surface area (TPSA) is 130 Å². The summed E-state index contributed by atoms with van der Waals surface area (Å²) in [6.07, 6.45) is 2.18. The van der Waals surface area contributed by atoms with E-state index in [1.165, 1.54) is 0 Å². The number of nitrogens with one attached hydrogen (secondary N) is 1. The van der Waals surface area contributed by atoms with Crippen LogP contribution in [0.15, 0.2) is 35.0 Å². The first-order chi connectivity index (χ1) is 16.2. The summed E-state index contributed by atoms with van der Waals surface area (Å²) in [4.78, 5) is 26.8. The highest BCUT2D eigenvalue weighted by Gasteiger charge is 2.37. The standard InChI is InChI=1S/C26H27N5O3/c1-5-16(2)25(33)34-10-6-9-31-21-8-7-17(11-18(21)12-26(31,3)4)22-20(15-29)23(30-24(22)32)19(13-27)14-28/h7-8,11,16H,5-6,9-10,12H2,1-4H3,(H,30,32). The molecular weight excluding hydrogens is 430 g/mol. The number of carbonyl (C=O) groups excluding carboxylic acids is 2. The Morgan fingerprint density at radius 2 is 1.97 bits per heavy atom. The van der Waals surface area contributed by atoms with E-state index < -0.39 is 5.91 Å². The molecule has 8 nitrogen and oxygen atoms in total. The lowest BCUT2D eigenvalue weighted by Gasteiger charge is -2.34. The second kappa shape index (κ2) is 9.81. The number of nitriles is 3. The molecule has 174 valence electrons. The van der Waals surface area contributed by atoms with Gasteiger partial charge in [0.25, 0.3) is 5.91 Å². The fraction of sp³-hybridized carbons (Fsp3) is 0.423. The zero-order chi connectivity index (χ0) is 25.0. The highest BCUT2D eigenvalue weighted by Crippen LogP contribution is 2.41. The van der Waals surface area contributed by atoms with Crippen LogP contribution in [0.1, 0.15) is 51.7 Å². The van der Waals surface area contributed by atoms with Crippen molar-refractivity contribution in [1.29, 1.82) is 15.8 Å². The van der Waals surface area contributed by atoms with Crippen LogP contribution in [0.4, 0.5) is 5.69 Å². The summed E-state index contributed by atoms with van der Waals surface area (Å²) >= 11 is 0. The molecule has 1 aromatic carbocycles. The number of rotatable bonds is 7. The summed E-state index contributed by atoms with van der Waals surface area (Å²) in [5, 5.41) is 30.5. The zero-order valence-electron chi connectivity index (χ0n) is 19.9. The van der Waals surface area contributed by atoms with Gasteiger partial charge in [-0.15, -0.1) is 0 Å². The predicted molar refractivity (Wildman–Crippen MR) is 126 cm³/mol. The number of carbonyl (C=O) groups is 2. The Hall–Kier alpha value is -4.09. The highest BCUT2D eigenvalue weighted by molar-refractivity contribution is 6.26. The van der Waals surface area contributed by atoms with Crippen molar-refractivity contribution >= 4 is 23.1 Å². The average molecular weight is 458 g/mol. The number of fused-ring (bicyclic) bond motifs is 1. The summed E-state index contributed by atoms with van der Waals surface area (Å²) in [6.45, 7) is 9.15. The number of anilines is 1. The average Bonchev–Trinajstić information content (AvgIpc) is 3.27. The summed E-state index contributed by atoms with van der Waals surface area (Å²) in [5.74, 6) is -0.781. The van der Waals surface area contributed by atoms with Crippen LogP contribution in [-0.2, 0) is 20.7 Å². The molecule has 1 amide bonds. The van der Waals surface area contributed by atoms with Crippen LogP contribution in [-0.4, -0.2) is 30.6 Å². The van der Waals surface area contributed by atoms with Gasteiger partial charge in [0, 0.05) is 17.8 Å². The summed E-state index contributed by atoms with van der Waals surface area (Å²) in [6, 6.07) is 11.0. The van der Waals surface area contributed by atoms with Crippen LogP contribution < -0.4 is 10.2 Å². The van der Waals surface area contributed by atoms with Crippen molar-refractivity contribution in [3.63, 3.8) is 0 Å². The number of amides is 1. The van der Waals surface area contributed by atoms with Crippen LogP contribution in [0, 0.1) is 39.9 Å². The molecule has 1 atom stereocenters. The molecule has 0 fully saturated rings. The maximum atomic E-state index is 12.7. The number of hydrogen-bond donors (Lipinski definition) is 1. The third-order valence-electron chi connectivity index (χ3n) is 6.35. The Bertz CT molecular complexity index is 1200. The van der Waals surface area contributed by atoms with Crippen LogP contribution in [0.2, 0.25) is 0 Å². The van der Waals surface area contributed by atoms with Crippen molar-refractivity contribution in [2.24, 2.45) is 5.92 Å². The molecule has 0 bridgehead atoms. The van der Waals surface area contributed by atoms with E-state index in [9.17, 15) is 14.9 Å². The maximum Gasteiger partial charge on any atom is 0.308 e. The van der Waals surface area contributed by atoms with Gasteiger partial charge in [-0.25, -0.2) is 0 Å². The lowest BCUT2D eigenvalue weighted by Crippen LogP contribution is -2.42. The molecule has 0 radical (unpaired) electrons. The van der Waals surface area contributed by atoms with Crippen LogP contribution in [0.3, 0.4) is 0 Å². The third kappa shape index (κ3) is 4.51. The molecule has 3 rings (SSSR count). The minimum absolute atomic E-state index is 0.000266. The van der Waals surface area contributed by atoms with Crippen molar-refractivity contribution in [1.82, 2.24) is 5.32 Å². The second-order valence-electron chi connectivity index (χ2n) is 9.10. The van der Waals surface area contributed by atoms with E-state index in [-0.39, 0.29) is 39.8 Å². The molecule has 2 aliphatic rings. The fourth-order valence-corrected chi connectivity index (χ4v) is 4.35. The van der Waals surface area contributed by atoms with Gasteiger partial charge in [0.1, 0.15) is 18.2 Å². The molecule has 2 aliphatic heterocycles. The number of nitrogens with zero attached hydrogens (tertiary/aromatic N) is 4.